The number of thiazole rings is 1. The van der Waals surface area contributed by atoms with E-state index in [0.29, 0.717) is 30.4 Å². The van der Waals surface area contributed by atoms with E-state index in [-0.39, 0.29) is 36.4 Å². The quantitative estimate of drug-likeness (QED) is 0.266. The molecule has 0 aliphatic carbocycles. The first-order valence-electron chi connectivity index (χ1n) is 11.3. The third-order valence-corrected chi connectivity index (χ3v) is 6.53. The van der Waals surface area contributed by atoms with Gasteiger partial charge in [-0.25, -0.2) is 9.78 Å². The zero-order chi connectivity index (χ0) is 23.4. The molecule has 31 heavy (non-hydrogen) atoms. The summed E-state index contributed by atoms with van der Waals surface area (Å²) in [6.07, 6.45) is 4.78. The summed E-state index contributed by atoms with van der Waals surface area (Å²) < 4.78 is 11.6. The largest absolute Gasteiger partial charge is 0.476 e. The number of aromatic carboxylic acids is 1. The molecule has 0 radical (unpaired) electrons. The molecule has 2 unspecified atom stereocenters. The highest BCUT2D eigenvalue weighted by atomic mass is 32.1. The van der Waals surface area contributed by atoms with Gasteiger partial charge in [-0.3, -0.25) is 4.79 Å². The van der Waals surface area contributed by atoms with Crippen LogP contribution in [0.25, 0.3) is 0 Å². The van der Waals surface area contributed by atoms with Gasteiger partial charge in [0, 0.05) is 38.0 Å². The van der Waals surface area contributed by atoms with Crippen LogP contribution in [0, 0.1) is 11.8 Å². The van der Waals surface area contributed by atoms with Crippen LogP contribution in [0.4, 0.5) is 0 Å². The number of hydrogen-bond donors (Lipinski definition) is 1. The van der Waals surface area contributed by atoms with Crippen molar-refractivity contribution >= 4 is 23.2 Å². The summed E-state index contributed by atoms with van der Waals surface area (Å²) in [7, 11) is 1.59. The van der Waals surface area contributed by atoms with Crippen molar-refractivity contribution in [2.45, 2.75) is 85.3 Å². The third-order valence-electron chi connectivity index (χ3n) is 5.59. The predicted molar refractivity (Wildman–Crippen MR) is 123 cm³/mol. The van der Waals surface area contributed by atoms with Crippen LogP contribution in [-0.4, -0.2) is 53.4 Å². The predicted octanol–water partition coefficient (Wildman–Crippen LogP) is 5.37. The first kappa shape index (κ1) is 27.5. The summed E-state index contributed by atoms with van der Waals surface area (Å²) in [5.74, 6) is -0.484. The van der Waals surface area contributed by atoms with Crippen LogP contribution in [0.1, 0.15) is 94.7 Å². The second kappa shape index (κ2) is 14.5. The Morgan fingerprint density at radius 2 is 1.94 bits per heavy atom. The van der Waals surface area contributed by atoms with Gasteiger partial charge in [-0.1, -0.05) is 53.9 Å². The first-order valence-corrected chi connectivity index (χ1v) is 12.2. The second-order valence-corrected chi connectivity index (χ2v) is 9.36. The minimum atomic E-state index is -1.05. The summed E-state index contributed by atoms with van der Waals surface area (Å²) in [5.41, 5.74) is 0.0205. The number of unbranched alkanes of at least 4 members (excludes halogenated alkanes) is 2. The highest BCUT2D eigenvalue weighted by Crippen LogP contribution is 2.30. The van der Waals surface area contributed by atoms with Gasteiger partial charge in [0.05, 0.1) is 0 Å². The lowest BCUT2D eigenvalue weighted by Gasteiger charge is -2.36. The van der Waals surface area contributed by atoms with Crippen molar-refractivity contribution in [3.8, 4) is 0 Å². The average Bonchev–Trinajstić information content (AvgIpc) is 3.22. The molecule has 1 aromatic heterocycles. The Hall–Kier alpha value is -1.51. The number of ether oxygens (including phenoxy) is 2. The molecule has 1 N–H and O–H groups in total. The van der Waals surface area contributed by atoms with Crippen LogP contribution < -0.4 is 0 Å². The van der Waals surface area contributed by atoms with Gasteiger partial charge in [0.25, 0.3) is 0 Å². The summed E-state index contributed by atoms with van der Waals surface area (Å²) in [4.78, 5) is 30.5. The highest BCUT2D eigenvalue weighted by Gasteiger charge is 2.31. The number of carboxylic acids is 1. The Labute approximate surface area is 191 Å². The lowest BCUT2D eigenvalue weighted by atomic mass is 9.95. The average molecular weight is 457 g/mol. The highest BCUT2D eigenvalue weighted by molar-refractivity contribution is 7.09. The number of carbonyl (C=O) groups excluding carboxylic acids is 1. The Morgan fingerprint density at radius 1 is 1.23 bits per heavy atom. The fourth-order valence-electron chi connectivity index (χ4n) is 3.34. The maximum Gasteiger partial charge on any atom is 0.355 e. The molecule has 178 valence electrons. The zero-order valence-electron chi connectivity index (χ0n) is 19.9. The van der Waals surface area contributed by atoms with Crippen molar-refractivity contribution in [1.82, 2.24) is 9.88 Å². The van der Waals surface area contributed by atoms with Gasteiger partial charge in [0.2, 0.25) is 5.91 Å². The molecular weight excluding hydrogens is 416 g/mol. The molecule has 0 spiro atoms. The maximum absolute atomic E-state index is 13.2. The topological polar surface area (TPSA) is 89.0 Å². The summed E-state index contributed by atoms with van der Waals surface area (Å²) in [6.45, 7) is 11.4. The van der Waals surface area contributed by atoms with E-state index in [0.717, 1.165) is 25.7 Å². The van der Waals surface area contributed by atoms with Crippen LogP contribution in [0.2, 0.25) is 0 Å². The van der Waals surface area contributed by atoms with Gasteiger partial charge in [-0.15, -0.1) is 11.3 Å². The van der Waals surface area contributed by atoms with Crippen LogP contribution in [0.3, 0.4) is 0 Å². The first-order chi connectivity index (χ1) is 14.7. The van der Waals surface area contributed by atoms with Crippen LogP contribution in [-0.2, 0) is 14.3 Å². The van der Waals surface area contributed by atoms with Gasteiger partial charge in [0.1, 0.15) is 17.8 Å². The van der Waals surface area contributed by atoms with Crippen LogP contribution >= 0.6 is 11.3 Å². The van der Waals surface area contributed by atoms with Crippen molar-refractivity contribution in [1.29, 1.82) is 0 Å². The number of amides is 1. The van der Waals surface area contributed by atoms with Gasteiger partial charge in [-0.2, -0.15) is 0 Å². The molecule has 1 amide bonds. The van der Waals surface area contributed by atoms with Crippen molar-refractivity contribution < 1.29 is 24.2 Å². The van der Waals surface area contributed by atoms with Crippen LogP contribution in [0.5, 0.6) is 0 Å². The number of aromatic nitrogens is 1. The minimum absolute atomic E-state index is 0.0205. The van der Waals surface area contributed by atoms with Crippen molar-refractivity contribution in [2.24, 2.45) is 11.8 Å². The lowest BCUT2D eigenvalue weighted by molar-refractivity contribution is -0.144. The molecule has 0 saturated carbocycles. The molecule has 1 aromatic rings. The minimum Gasteiger partial charge on any atom is -0.476 e. The summed E-state index contributed by atoms with van der Waals surface area (Å²) in [6, 6.07) is -0.107. The molecule has 3 atom stereocenters. The molecule has 0 fully saturated rings. The molecule has 1 heterocycles. The zero-order valence-corrected chi connectivity index (χ0v) is 20.7. The Bertz CT molecular complexity index is 664. The second-order valence-electron chi connectivity index (χ2n) is 8.47. The number of rotatable bonds is 16. The number of carboxylic acid groups (broad SMARTS) is 1. The van der Waals surface area contributed by atoms with Crippen molar-refractivity contribution in [3.63, 3.8) is 0 Å². The molecule has 8 heteroatoms. The molecule has 0 aromatic carbocycles. The Morgan fingerprint density at radius 3 is 2.45 bits per heavy atom. The number of nitrogens with zero attached hydrogens (tertiary/aromatic N) is 2. The molecule has 0 saturated heterocycles. The maximum atomic E-state index is 13.2. The van der Waals surface area contributed by atoms with Gasteiger partial charge >= 0.3 is 5.97 Å². The van der Waals surface area contributed by atoms with Crippen LogP contribution in [0.15, 0.2) is 5.38 Å². The summed E-state index contributed by atoms with van der Waals surface area (Å²) >= 11 is 1.27. The van der Waals surface area contributed by atoms with E-state index < -0.39 is 5.97 Å². The fourth-order valence-corrected chi connectivity index (χ4v) is 4.22. The fraction of sp³-hybridized carbons (Fsp3) is 0.783. The van der Waals surface area contributed by atoms with E-state index in [2.05, 4.69) is 39.6 Å². The molecule has 7 nitrogen and oxygen atoms in total. The van der Waals surface area contributed by atoms with E-state index >= 15 is 0 Å². The van der Waals surface area contributed by atoms with Gasteiger partial charge in [-0.05, 0) is 18.3 Å². The van der Waals surface area contributed by atoms with Crippen molar-refractivity contribution in [3.05, 3.63) is 16.1 Å². The molecule has 0 bridgehead atoms. The summed E-state index contributed by atoms with van der Waals surface area (Å²) in [5, 5.41) is 11.3. The molecule has 1 rings (SSSR count). The monoisotopic (exact) mass is 456 g/mol. The van der Waals surface area contributed by atoms with E-state index in [1.54, 1.807) is 7.11 Å². The molecule has 0 aliphatic rings. The van der Waals surface area contributed by atoms with E-state index in [1.165, 1.54) is 16.7 Å². The third kappa shape index (κ3) is 9.25. The molecular formula is C23H40N2O5S. The van der Waals surface area contributed by atoms with E-state index in [9.17, 15) is 14.7 Å². The van der Waals surface area contributed by atoms with Crippen molar-refractivity contribution in [2.75, 3.05) is 20.4 Å². The Balaban J connectivity index is 3.02. The van der Waals surface area contributed by atoms with Gasteiger partial charge < -0.3 is 19.5 Å². The number of carbonyl (C=O) groups is 2. The SMILES string of the molecule is CCCCCOCN(C(=O)C[C@@H](C)CC)C(CC(OC)c1nc(C(=O)O)cs1)C(C)C. The van der Waals surface area contributed by atoms with E-state index in [1.807, 2.05) is 4.90 Å². The standard InChI is InChI=1S/C23H40N2O5S/c1-7-9-10-11-30-15-25(21(26)12-17(5)8-2)19(16(3)4)13-20(29-6)22-24-18(14-31-22)23(27)28/h14,16-17,19-20H,7-13,15H2,1-6H3,(H,27,28)/t17-,19?,20?/m0/s1. The Kier molecular flexibility index (Phi) is 12.9. The lowest BCUT2D eigenvalue weighted by Crippen LogP contribution is -2.46. The molecule has 0 aliphatic heterocycles. The van der Waals surface area contributed by atoms with Gasteiger partial charge in [0.15, 0.2) is 5.69 Å². The van der Waals surface area contributed by atoms with E-state index in [4.69, 9.17) is 9.47 Å². The normalized spacial score (nSPS) is 14.4. The number of methoxy groups -OCH3 is 1. The smallest absolute Gasteiger partial charge is 0.355 e. The number of hydrogen-bond acceptors (Lipinski definition) is 6.